The Bertz CT molecular complexity index is 146. The van der Waals surface area contributed by atoms with Crippen LogP contribution in [-0.4, -0.2) is 55.8 Å². The summed E-state index contributed by atoms with van der Waals surface area (Å²) in [6.07, 6.45) is 0.675. The van der Waals surface area contributed by atoms with Gasteiger partial charge >= 0.3 is 0 Å². The van der Waals surface area contributed by atoms with E-state index in [1.807, 2.05) is 0 Å². The van der Waals surface area contributed by atoms with Gasteiger partial charge in [-0.3, -0.25) is 4.90 Å². The van der Waals surface area contributed by atoms with E-state index in [4.69, 9.17) is 9.47 Å². The smallest absolute Gasteiger partial charge is 0.0802 e. The Morgan fingerprint density at radius 1 is 1.54 bits per heavy atom. The number of methoxy groups -OCH3 is 1. The van der Waals surface area contributed by atoms with Crippen LogP contribution < -0.4 is 0 Å². The Hall–Kier alpha value is 0.360. The summed E-state index contributed by atoms with van der Waals surface area (Å²) in [7, 11) is 1.74. The standard InChI is InChI=1S/C9H18BrNO2/c1-8-6-11(3-4-12-2)7-9(5-10)13-8/h8-9H,3-7H2,1-2H3. The monoisotopic (exact) mass is 251 g/mol. The van der Waals surface area contributed by atoms with Gasteiger partial charge in [-0.1, -0.05) is 15.9 Å². The van der Waals surface area contributed by atoms with Crippen LogP contribution in [-0.2, 0) is 9.47 Å². The number of ether oxygens (including phenoxy) is 2. The Balaban J connectivity index is 2.29. The van der Waals surface area contributed by atoms with Gasteiger partial charge in [0.05, 0.1) is 18.8 Å². The molecular weight excluding hydrogens is 234 g/mol. The highest BCUT2D eigenvalue weighted by atomic mass is 79.9. The lowest BCUT2D eigenvalue weighted by Crippen LogP contribution is -2.48. The zero-order valence-corrected chi connectivity index (χ0v) is 9.92. The third kappa shape index (κ3) is 3.94. The SMILES string of the molecule is COCCN1CC(C)OC(CBr)C1. The second-order valence-electron chi connectivity index (χ2n) is 3.48. The van der Waals surface area contributed by atoms with Gasteiger partial charge in [-0.2, -0.15) is 0 Å². The van der Waals surface area contributed by atoms with Gasteiger partial charge in [0.2, 0.25) is 0 Å². The van der Waals surface area contributed by atoms with Gasteiger partial charge in [0.25, 0.3) is 0 Å². The fourth-order valence-corrected chi connectivity index (χ4v) is 1.99. The molecule has 2 unspecified atom stereocenters. The molecule has 4 heteroatoms. The molecule has 1 aliphatic rings. The van der Waals surface area contributed by atoms with Gasteiger partial charge in [-0.15, -0.1) is 0 Å². The van der Waals surface area contributed by atoms with Crippen LogP contribution in [0.3, 0.4) is 0 Å². The highest BCUT2D eigenvalue weighted by Crippen LogP contribution is 2.12. The minimum absolute atomic E-state index is 0.334. The van der Waals surface area contributed by atoms with Crippen molar-refractivity contribution in [2.24, 2.45) is 0 Å². The fraction of sp³-hybridized carbons (Fsp3) is 1.00. The Morgan fingerprint density at radius 3 is 2.92 bits per heavy atom. The van der Waals surface area contributed by atoms with E-state index in [9.17, 15) is 0 Å². The first kappa shape index (κ1) is 11.4. The van der Waals surface area contributed by atoms with Crippen LogP contribution in [0.2, 0.25) is 0 Å². The van der Waals surface area contributed by atoms with Crippen LogP contribution in [0.1, 0.15) is 6.92 Å². The van der Waals surface area contributed by atoms with E-state index in [2.05, 4.69) is 27.8 Å². The molecule has 1 heterocycles. The molecule has 0 aliphatic carbocycles. The van der Waals surface area contributed by atoms with Gasteiger partial charge in [-0.05, 0) is 6.92 Å². The molecular formula is C9H18BrNO2. The number of rotatable bonds is 4. The van der Waals surface area contributed by atoms with Crippen molar-refractivity contribution in [1.29, 1.82) is 0 Å². The third-order valence-electron chi connectivity index (χ3n) is 2.19. The van der Waals surface area contributed by atoms with Crippen molar-refractivity contribution in [2.75, 3.05) is 38.7 Å². The second kappa shape index (κ2) is 5.96. The zero-order valence-electron chi connectivity index (χ0n) is 8.33. The Kier molecular flexibility index (Phi) is 5.24. The number of alkyl halides is 1. The molecule has 1 fully saturated rings. The lowest BCUT2D eigenvalue weighted by Gasteiger charge is -2.35. The molecule has 0 aromatic heterocycles. The van der Waals surface area contributed by atoms with Crippen molar-refractivity contribution < 1.29 is 9.47 Å². The summed E-state index contributed by atoms with van der Waals surface area (Å²) in [6.45, 7) is 5.97. The van der Waals surface area contributed by atoms with Crippen molar-refractivity contribution in [3.63, 3.8) is 0 Å². The third-order valence-corrected chi connectivity index (χ3v) is 2.91. The van der Waals surface area contributed by atoms with E-state index in [0.717, 1.165) is 31.6 Å². The lowest BCUT2D eigenvalue weighted by atomic mass is 10.2. The first-order chi connectivity index (χ1) is 6.26. The first-order valence-electron chi connectivity index (χ1n) is 4.69. The molecule has 0 amide bonds. The maximum Gasteiger partial charge on any atom is 0.0802 e. The second-order valence-corrected chi connectivity index (χ2v) is 4.12. The first-order valence-corrected chi connectivity index (χ1v) is 5.81. The Morgan fingerprint density at radius 2 is 2.31 bits per heavy atom. The average Bonchev–Trinajstić information content (AvgIpc) is 2.14. The van der Waals surface area contributed by atoms with Crippen molar-refractivity contribution in [3.8, 4) is 0 Å². The molecule has 0 N–H and O–H groups in total. The maximum absolute atomic E-state index is 5.72. The van der Waals surface area contributed by atoms with Crippen LogP contribution in [0.25, 0.3) is 0 Å². The van der Waals surface area contributed by atoms with E-state index in [1.54, 1.807) is 7.11 Å². The summed E-state index contributed by atoms with van der Waals surface area (Å²) in [5, 5.41) is 0.917. The minimum Gasteiger partial charge on any atom is -0.383 e. The maximum atomic E-state index is 5.72. The molecule has 1 aliphatic heterocycles. The highest BCUT2D eigenvalue weighted by molar-refractivity contribution is 9.09. The molecule has 1 rings (SSSR count). The number of halogens is 1. The van der Waals surface area contributed by atoms with E-state index in [-0.39, 0.29) is 0 Å². The molecule has 0 bridgehead atoms. The van der Waals surface area contributed by atoms with Gasteiger partial charge in [-0.25, -0.2) is 0 Å². The van der Waals surface area contributed by atoms with Gasteiger partial charge in [0.1, 0.15) is 0 Å². The van der Waals surface area contributed by atoms with E-state index >= 15 is 0 Å². The predicted octanol–water partition coefficient (Wildman–Crippen LogP) is 1.12. The summed E-state index contributed by atoms with van der Waals surface area (Å²) < 4.78 is 10.8. The van der Waals surface area contributed by atoms with Gasteiger partial charge in [0, 0.05) is 32.1 Å². The summed E-state index contributed by atoms with van der Waals surface area (Å²) in [6, 6.07) is 0. The van der Waals surface area contributed by atoms with E-state index in [0.29, 0.717) is 12.2 Å². The van der Waals surface area contributed by atoms with Crippen LogP contribution in [0, 0.1) is 0 Å². The molecule has 0 saturated carbocycles. The van der Waals surface area contributed by atoms with Crippen molar-refractivity contribution >= 4 is 15.9 Å². The van der Waals surface area contributed by atoms with E-state index in [1.165, 1.54) is 0 Å². The summed E-state index contributed by atoms with van der Waals surface area (Å²) in [4.78, 5) is 2.39. The molecule has 0 aromatic rings. The van der Waals surface area contributed by atoms with Gasteiger partial charge < -0.3 is 9.47 Å². The topological polar surface area (TPSA) is 21.7 Å². The molecule has 2 atom stereocenters. The molecule has 0 spiro atoms. The summed E-state index contributed by atoms with van der Waals surface area (Å²) in [5.74, 6) is 0. The number of hydrogen-bond acceptors (Lipinski definition) is 3. The molecule has 3 nitrogen and oxygen atoms in total. The quantitative estimate of drug-likeness (QED) is 0.700. The number of morpholine rings is 1. The predicted molar refractivity (Wildman–Crippen MR) is 56.4 cm³/mol. The molecule has 0 aromatic carbocycles. The van der Waals surface area contributed by atoms with Crippen LogP contribution in [0.4, 0.5) is 0 Å². The lowest BCUT2D eigenvalue weighted by molar-refractivity contribution is -0.0691. The molecule has 1 saturated heterocycles. The Labute approximate surface area is 88.5 Å². The largest absolute Gasteiger partial charge is 0.383 e. The molecule has 78 valence electrons. The van der Waals surface area contributed by atoms with E-state index < -0.39 is 0 Å². The zero-order chi connectivity index (χ0) is 9.68. The normalized spacial score (nSPS) is 30.7. The van der Waals surface area contributed by atoms with Crippen molar-refractivity contribution in [2.45, 2.75) is 19.1 Å². The van der Waals surface area contributed by atoms with Crippen LogP contribution >= 0.6 is 15.9 Å². The average molecular weight is 252 g/mol. The highest BCUT2D eigenvalue weighted by Gasteiger charge is 2.23. The fourth-order valence-electron chi connectivity index (χ4n) is 1.63. The summed E-state index contributed by atoms with van der Waals surface area (Å²) in [5.41, 5.74) is 0. The van der Waals surface area contributed by atoms with Crippen LogP contribution in [0.5, 0.6) is 0 Å². The minimum atomic E-state index is 0.334. The number of nitrogens with zero attached hydrogens (tertiary/aromatic N) is 1. The van der Waals surface area contributed by atoms with Crippen LogP contribution in [0.15, 0.2) is 0 Å². The van der Waals surface area contributed by atoms with Crippen molar-refractivity contribution in [3.05, 3.63) is 0 Å². The molecule has 13 heavy (non-hydrogen) atoms. The van der Waals surface area contributed by atoms with Crippen molar-refractivity contribution in [1.82, 2.24) is 4.90 Å². The summed E-state index contributed by atoms with van der Waals surface area (Å²) >= 11 is 3.45. The molecule has 0 radical (unpaired) electrons. The number of hydrogen-bond donors (Lipinski definition) is 0. The van der Waals surface area contributed by atoms with Gasteiger partial charge in [0.15, 0.2) is 0 Å².